The minimum absolute atomic E-state index is 0.0182. The maximum atomic E-state index is 13.6. The SMILES string of the molecule is NNc1ncc(F)c(Nc2ccc3c(c2)OCCO3)n1. The quantitative estimate of drug-likeness (QED) is 0.577. The summed E-state index contributed by atoms with van der Waals surface area (Å²) >= 11 is 0. The van der Waals surface area contributed by atoms with Gasteiger partial charge in [-0.05, 0) is 12.1 Å². The summed E-state index contributed by atoms with van der Waals surface area (Å²) < 4.78 is 24.5. The van der Waals surface area contributed by atoms with Crippen LogP contribution in [0.1, 0.15) is 0 Å². The van der Waals surface area contributed by atoms with Gasteiger partial charge in [-0.15, -0.1) is 0 Å². The fourth-order valence-corrected chi connectivity index (χ4v) is 1.78. The van der Waals surface area contributed by atoms with E-state index in [2.05, 4.69) is 20.7 Å². The van der Waals surface area contributed by atoms with Gasteiger partial charge in [0.25, 0.3) is 0 Å². The van der Waals surface area contributed by atoms with Gasteiger partial charge in [0.15, 0.2) is 23.1 Å². The molecule has 7 nitrogen and oxygen atoms in total. The summed E-state index contributed by atoms with van der Waals surface area (Å²) in [6.45, 7) is 1.01. The number of nitrogens with zero attached hydrogens (tertiary/aromatic N) is 2. The zero-order valence-corrected chi connectivity index (χ0v) is 10.4. The van der Waals surface area contributed by atoms with Crippen molar-refractivity contribution in [2.75, 3.05) is 24.0 Å². The first-order valence-electron chi connectivity index (χ1n) is 5.92. The summed E-state index contributed by atoms with van der Waals surface area (Å²) in [4.78, 5) is 7.56. The van der Waals surface area contributed by atoms with Gasteiger partial charge in [-0.2, -0.15) is 4.98 Å². The second-order valence-electron chi connectivity index (χ2n) is 4.02. The number of nitrogens with one attached hydrogen (secondary N) is 2. The van der Waals surface area contributed by atoms with Gasteiger partial charge in [0.1, 0.15) is 13.2 Å². The summed E-state index contributed by atoms with van der Waals surface area (Å²) in [5, 5.41) is 2.84. The number of nitrogens with two attached hydrogens (primary N) is 1. The highest BCUT2D eigenvalue weighted by Crippen LogP contribution is 2.33. The van der Waals surface area contributed by atoms with E-state index >= 15 is 0 Å². The molecule has 0 aliphatic carbocycles. The number of nitrogen functional groups attached to an aromatic ring is 1. The van der Waals surface area contributed by atoms with Crippen LogP contribution in [0.15, 0.2) is 24.4 Å². The number of hydrogen-bond acceptors (Lipinski definition) is 7. The minimum atomic E-state index is -0.584. The molecule has 0 atom stereocenters. The molecule has 0 spiro atoms. The molecule has 1 aliphatic heterocycles. The Morgan fingerprint density at radius 3 is 2.80 bits per heavy atom. The Morgan fingerprint density at radius 1 is 1.20 bits per heavy atom. The van der Waals surface area contributed by atoms with Crippen LogP contribution < -0.4 is 26.1 Å². The first-order chi connectivity index (χ1) is 9.76. The first-order valence-corrected chi connectivity index (χ1v) is 5.92. The van der Waals surface area contributed by atoms with Crippen LogP contribution in [0.2, 0.25) is 0 Å². The molecule has 0 bridgehead atoms. The van der Waals surface area contributed by atoms with E-state index < -0.39 is 5.82 Å². The highest BCUT2D eigenvalue weighted by molar-refractivity contribution is 5.62. The van der Waals surface area contributed by atoms with Crippen LogP contribution in [0.5, 0.6) is 11.5 Å². The lowest BCUT2D eigenvalue weighted by molar-refractivity contribution is 0.171. The molecule has 1 aromatic carbocycles. The number of fused-ring (bicyclic) bond motifs is 1. The van der Waals surface area contributed by atoms with Crippen LogP contribution in [0.3, 0.4) is 0 Å². The molecule has 4 N–H and O–H groups in total. The number of ether oxygens (including phenoxy) is 2. The average molecular weight is 277 g/mol. The molecule has 104 valence electrons. The van der Waals surface area contributed by atoms with E-state index in [1.54, 1.807) is 18.2 Å². The Balaban J connectivity index is 1.87. The topological polar surface area (TPSA) is 94.3 Å². The molecule has 2 aromatic rings. The third kappa shape index (κ3) is 2.41. The Hall–Kier alpha value is -2.61. The van der Waals surface area contributed by atoms with E-state index in [4.69, 9.17) is 15.3 Å². The first kappa shape index (κ1) is 12.4. The van der Waals surface area contributed by atoms with E-state index in [0.717, 1.165) is 6.20 Å². The number of halogens is 1. The number of rotatable bonds is 3. The predicted molar refractivity (Wildman–Crippen MR) is 70.5 cm³/mol. The van der Waals surface area contributed by atoms with Gasteiger partial charge in [0.2, 0.25) is 5.95 Å². The third-order valence-electron chi connectivity index (χ3n) is 2.68. The molecule has 0 amide bonds. The Labute approximate surface area is 113 Å². The average Bonchev–Trinajstić information content (AvgIpc) is 2.49. The zero-order chi connectivity index (χ0) is 13.9. The maximum absolute atomic E-state index is 13.6. The number of hydrogen-bond donors (Lipinski definition) is 3. The molecular formula is C12H12FN5O2. The van der Waals surface area contributed by atoms with E-state index in [0.29, 0.717) is 30.4 Å². The molecule has 0 fully saturated rings. The molecule has 0 unspecified atom stereocenters. The largest absolute Gasteiger partial charge is 0.486 e. The van der Waals surface area contributed by atoms with Gasteiger partial charge in [0, 0.05) is 11.8 Å². The fraction of sp³-hybridized carbons (Fsp3) is 0.167. The minimum Gasteiger partial charge on any atom is -0.486 e. The molecule has 3 rings (SSSR count). The normalized spacial score (nSPS) is 12.9. The number of aromatic nitrogens is 2. The van der Waals surface area contributed by atoms with Crippen molar-refractivity contribution in [3.63, 3.8) is 0 Å². The third-order valence-corrected chi connectivity index (χ3v) is 2.68. The van der Waals surface area contributed by atoms with E-state index in [-0.39, 0.29) is 11.8 Å². The fourth-order valence-electron chi connectivity index (χ4n) is 1.78. The second-order valence-corrected chi connectivity index (χ2v) is 4.02. The summed E-state index contributed by atoms with van der Waals surface area (Å²) in [7, 11) is 0. The van der Waals surface area contributed by atoms with Crippen molar-refractivity contribution >= 4 is 17.5 Å². The van der Waals surface area contributed by atoms with Gasteiger partial charge in [-0.1, -0.05) is 0 Å². The molecule has 2 heterocycles. The van der Waals surface area contributed by atoms with Crippen molar-refractivity contribution in [1.82, 2.24) is 9.97 Å². The van der Waals surface area contributed by atoms with Crippen LogP contribution in [-0.4, -0.2) is 23.2 Å². The molecule has 20 heavy (non-hydrogen) atoms. The molecule has 0 saturated carbocycles. The van der Waals surface area contributed by atoms with Crippen LogP contribution in [0, 0.1) is 5.82 Å². The van der Waals surface area contributed by atoms with Gasteiger partial charge in [0.05, 0.1) is 6.20 Å². The smallest absolute Gasteiger partial charge is 0.239 e. The van der Waals surface area contributed by atoms with E-state index in [9.17, 15) is 4.39 Å². The molecular weight excluding hydrogens is 265 g/mol. The number of anilines is 3. The summed E-state index contributed by atoms with van der Waals surface area (Å²) in [5.74, 6) is 6.01. The van der Waals surface area contributed by atoms with Crippen molar-refractivity contribution in [2.24, 2.45) is 5.84 Å². The summed E-state index contributed by atoms with van der Waals surface area (Å²) in [6.07, 6.45) is 1.03. The lowest BCUT2D eigenvalue weighted by Gasteiger charge is -2.19. The molecule has 8 heteroatoms. The lowest BCUT2D eigenvalue weighted by Crippen LogP contribution is -2.15. The van der Waals surface area contributed by atoms with E-state index in [1.165, 1.54) is 0 Å². The van der Waals surface area contributed by atoms with E-state index in [1.807, 2.05) is 0 Å². The zero-order valence-electron chi connectivity index (χ0n) is 10.4. The molecule has 1 aromatic heterocycles. The molecule has 0 saturated heterocycles. The van der Waals surface area contributed by atoms with Gasteiger partial charge in [-0.3, -0.25) is 5.43 Å². The van der Waals surface area contributed by atoms with Crippen molar-refractivity contribution in [3.8, 4) is 11.5 Å². The monoisotopic (exact) mass is 277 g/mol. The van der Waals surface area contributed by atoms with Crippen molar-refractivity contribution < 1.29 is 13.9 Å². The van der Waals surface area contributed by atoms with Crippen LogP contribution in [0.4, 0.5) is 21.8 Å². The van der Waals surface area contributed by atoms with Crippen molar-refractivity contribution in [2.45, 2.75) is 0 Å². The van der Waals surface area contributed by atoms with Gasteiger partial charge in [-0.25, -0.2) is 15.2 Å². The van der Waals surface area contributed by atoms with Crippen molar-refractivity contribution in [3.05, 3.63) is 30.2 Å². The highest BCUT2D eigenvalue weighted by Gasteiger charge is 2.13. The van der Waals surface area contributed by atoms with Crippen LogP contribution >= 0.6 is 0 Å². The number of benzene rings is 1. The maximum Gasteiger partial charge on any atom is 0.239 e. The predicted octanol–water partition coefficient (Wildman–Crippen LogP) is 1.42. The standard InChI is InChI=1S/C12H12FN5O2/c13-8-6-15-12(18-14)17-11(8)16-7-1-2-9-10(5-7)20-4-3-19-9/h1-2,5-6H,3-4,14H2,(H2,15,16,17,18). The Bertz CT molecular complexity index is 637. The summed E-state index contributed by atoms with van der Waals surface area (Å²) in [6, 6.07) is 5.20. The van der Waals surface area contributed by atoms with Crippen LogP contribution in [0.25, 0.3) is 0 Å². The summed E-state index contributed by atoms with van der Waals surface area (Å²) in [5.41, 5.74) is 2.88. The van der Waals surface area contributed by atoms with Gasteiger partial charge < -0.3 is 14.8 Å². The second kappa shape index (κ2) is 5.17. The highest BCUT2D eigenvalue weighted by atomic mass is 19.1. The van der Waals surface area contributed by atoms with Crippen molar-refractivity contribution in [1.29, 1.82) is 0 Å². The Morgan fingerprint density at radius 2 is 2.00 bits per heavy atom. The van der Waals surface area contributed by atoms with Crippen LogP contribution in [-0.2, 0) is 0 Å². The molecule has 1 aliphatic rings. The lowest BCUT2D eigenvalue weighted by atomic mass is 10.2. The number of hydrazine groups is 1. The Kier molecular flexibility index (Phi) is 3.21. The van der Waals surface area contributed by atoms with Gasteiger partial charge >= 0.3 is 0 Å². The molecule has 0 radical (unpaired) electrons.